The van der Waals surface area contributed by atoms with Crippen LogP contribution in [0, 0.1) is 11.8 Å². The maximum absolute atomic E-state index is 11.8. The Morgan fingerprint density at radius 1 is 1.28 bits per heavy atom. The van der Waals surface area contributed by atoms with Crippen molar-refractivity contribution in [1.82, 2.24) is 4.98 Å². The first-order chi connectivity index (χ1) is 13.8. The van der Waals surface area contributed by atoms with Crippen LogP contribution in [0.1, 0.15) is 35.7 Å². The molecular weight excluding hydrogens is 390 g/mol. The third-order valence-electron chi connectivity index (χ3n) is 5.70. The molecule has 3 N–H and O–H groups in total. The molecule has 2 unspecified atom stereocenters. The highest BCUT2D eigenvalue weighted by Gasteiger charge is 2.35. The molecular formula is C21H27N3O4S. The van der Waals surface area contributed by atoms with Gasteiger partial charge in [0.15, 0.2) is 0 Å². The summed E-state index contributed by atoms with van der Waals surface area (Å²) in [6.07, 6.45) is 1.80. The van der Waals surface area contributed by atoms with E-state index >= 15 is 0 Å². The summed E-state index contributed by atoms with van der Waals surface area (Å²) in [7, 11) is -2.94. The van der Waals surface area contributed by atoms with Crippen LogP contribution < -0.4 is 9.21 Å². The van der Waals surface area contributed by atoms with Gasteiger partial charge in [0.25, 0.3) is 0 Å². The van der Waals surface area contributed by atoms with Crippen molar-refractivity contribution in [2.45, 2.75) is 26.3 Å². The predicted octanol–water partition coefficient (Wildman–Crippen LogP) is 4.32. The van der Waals surface area contributed by atoms with E-state index in [2.05, 4.69) is 16.8 Å². The Balaban J connectivity index is 1.71. The summed E-state index contributed by atoms with van der Waals surface area (Å²) in [6, 6.07) is 13.1. The van der Waals surface area contributed by atoms with E-state index in [0.29, 0.717) is 43.0 Å². The summed E-state index contributed by atoms with van der Waals surface area (Å²) >= 11 is 0. The molecule has 156 valence electrons. The van der Waals surface area contributed by atoms with Gasteiger partial charge in [-0.05, 0) is 42.4 Å². The van der Waals surface area contributed by atoms with Crippen LogP contribution in [0.25, 0.3) is 0 Å². The summed E-state index contributed by atoms with van der Waals surface area (Å²) in [4.78, 5) is 18.6. The summed E-state index contributed by atoms with van der Waals surface area (Å²) in [6.45, 7) is 4.09. The fourth-order valence-electron chi connectivity index (χ4n) is 3.82. The number of hydrogen-bond acceptors (Lipinski definition) is 6. The van der Waals surface area contributed by atoms with Crippen LogP contribution in [0.5, 0.6) is 0 Å². The Hall–Kier alpha value is -2.29. The van der Waals surface area contributed by atoms with Gasteiger partial charge in [-0.2, -0.15) is 0 Å². The number of carboxylic acid groups (broad SMARTS) is 1. The molecule has 0 radical (unpaired) electrons. The molecule has 7 nitrogen and oxygen atoms in total. The van der Waals surface area contributed by atoms with Crippen LogP contribution in [0.15, 0.2) is 42.5 Å². The molecule has 8 heteroatoms. The van der Waals surface area contributed by atoms with Crippen LogP contribution in [-0.4, -0.2) is 44.0 Å². The highest BCUT2D eigenvalue weighted by atomic mass is 32.3. The minimum Gasteiger partial charge on any atom is -0.478 e. The second kappa shape index (κ2) is 7.85. The molecule has 1 saturated carbocycles. The molecule has 29 heavy (non-hydrogen) atoms. The second-order valence-corrected chi connectivity index (χ2v) is 10.1. The first kappa shape index (κ1) is 20.0. The summed E-state index contributed by atoms with van der Waals surface area (Å²) in [5.41, 5.74) is 1.23. The zero-order valence-corrected chi connectivity index (χ0v) is 17.3. The number of nitrogens with zero attached hydrogens (tertiary/aromatic N) is 3. The van der Waals surface area contributed by atoms with Crippen molar-refractivity contribution in [3.8, 4) is 0 Å². The van der Waals surface area contributed by atoms with Gasteiger partial charge < -0.3 is 10.0 Å². The molecule has 1 aliphatic heterocycles. The maximum atomic E-state index is 11.8. The average molecular weight is 418 g/mol. The number of benzene rings is 1. The Bertz CT molecular complexity index is 893. The lowest BCUT2D eigenvalue weighted by atomic mass is 10.2. The highest BCUT2D eigenvalue weighted by Crippen LogP contribution is 2.50. The van der Waals surface area contributed by atoms with E-state index in [1.807, 2.05) is 30.3 Å². The molecule has 1 saturated heterocycles. The van der Waals surface area contributed by atoms with E-state index in [4.69, 9.17) is 0 Å². The molecule has 2 heterocycles. The monoisotopic (exact) mass is 417 g/mol. The third kappa shape index (κ3) is 4.49. The lowest BCUT2D eigenvalue weighted by molar-refractivity contribution is 0.0696. The van der Waals surface area contributed by atoms with Crippen molar-refractivity contribution < 1.29 is 19.0 Å². The van der Waals surface area contributed by atoms with Crippen LogP contribution in [-0.2, 0) is 6.54 Å². The fraction of sp³-hybridized carbons (Fsp3) is 0.429. The molecule has 2 fully saturated rings. The standard InChI is InChI=1S/C21H27N3O4S/c1-15-10-18(15)14-23(13-16-6-3-2-4-7-16)19-11-17(21(25)26)12-20(22-19)24-8-5-9-29(24,27)28/h2-4,6-7,11-12,15,18,27-28H,5,8-10,13-14H2,1H3,(H,25,26). The Kier molecular flexibility index (Phi) is 5.42. The highest BCUT2D eigenvalue weighted by molar-refractivity contribution is 8.25. The molecule has 1 aliphatic carbocycles. The molecule has 0 amide bonds. The molecule has 2 aromatic rings. The van der Waals surface area contributed by atoms with Gasteiger partial charge in [-0.1, -0.05) is 37.3 Å². The summed E-state index contributed by atoms with van der Waals surface area (Å²) < 4.78 is 22.2. The molecule has 0 spiro atoms. The minimum absolute atomic E-state index is 0.106. The third-order valence-corrected chi connectivity index (χ3v) is 7.62. The Morgan fingerprint density at radius 3 is 2.59 bits per heavy atom. The smallest absolute Gasteiger partial charge is 0.335 e. The average Bonchev–Trinajstić information content (AvgIpc) is 3.26. The zero-order chi connectivity index (χ0) is 20.6. The second-order valence-electron chi connectivity index (χ2n) is 8.01. The predicted molar refractivity (Wildman–Crippen MR) is 116 cm³/mol. The van der Waals surface area contributed by atoms with Crippen molar-refractivity contribution >= 4 is 28.4 Å². The number of pyridine rings is 1. The molecule has 2 atom stereocenters. The number of aromatic carboxylic acids is 1. The Morgan fingerprint density at radius 2 is 2.00 bits per heavy atom. The van der Waals surface area contributed by atoms with E-state index in [9.17, 15) is 19.0 Å². The van der Waals surface area contributed by atoms with E-state index in [1.54, 1.807) is 6.07 Å². The largest absolute Gasteiger partial charge is 0.478 e. The van der Waals surface area contributed by atoms with E-state index in [0.717, 1.165) is 18.5 Å². The number of carbonyl (C=O) groups is 1. The number of carboxylic acids is 1. The Labute approximate surface area is 172 Å². The van der Waals surface area contributed by atoms with Crippen molar-refractivity contribution in [2.75, 3.05) is 28.0 Å². The van der Waals surface area contributed by atoms with Crippen molar-refractivity contribution in [3.05, 3.63) is 53.6 Å². The van der Waals surface area contributed by atoms with Crippen molar-refractivity contribution in [3.63, 3.8) is 0 Å². The molecule has 1 aromatic heterocycles. The number of rotatable bonds is 7. The molecule has 4 rings (SSSR count). The quantitative estimate of drug-likeness (QED) is 0.617. The first-order valence-electron chi connectivity index (χ1n) is 9.91. The SMILES string of the molecule is CC1CC1CN(Cc1ccccc1)c1cc(C(=O)O)cc(N2CCCS2(O)O)n1. The van der Waals surface area contributed by atoms with Gasteiger partial charge >= 0.3 is 5.97 Å². The van der Waals surface area contributed by atoms with E-state index in [-0.39, 0.29) is 11.3 Å². The van der Waals surface area contributed by atoms with Gasteiger partial charge in [0.05, 0.1) is 11.3 Å². The van der Waals surface area contributed by atoms with Gasteiger partial charge in [-0.3, -0.25) is 13.4 Å². The van der Waals surface area contributed by atoms with E-state index < -0.39 is 16.7 Å². The lowest BCUT2D eigenvalue weighted by Gasteiger charge is -2.37. The number of aromatic nitrogens is 1. The van der Waals surface area contributed by atoms with Gasteiger partial charge in [-0.15, -0.1) is 10.8 Å². The van der Waals surface area contributed by atoms with Gasteiger partial charge in [0.1, 0.15) is 11.6 Å². The zero-order valence-electron chi connectivity index (χ0n) is 16.4. The topological polar surface area (TPSA) is 97.1 Å². The minimum atomic E-state index is -2.94. The fourth-order valence-corrected chi connectivity index (χ4v) is 5.37. The van der Waals surface area contributed by atoms with Crippen LogP contribution in [0.3, 0.4) is 0 Å². The maximum Gasteiger partial charge on any atom is 0.335 e. The lowest BCUT2D eigenvalue weighted by Crippen LogP contribution is -2.29. The van der Waals surface area contributed by atoms with Crippen molar-refractivity contribution in [1.29, 1.82) is 0 Å². The first-order valence-corrected chi connectivity index (χ1v) is 11.6. The van der Waals surface area contributed by atoms with Gasteiger partial charge in [-0.25, -0.2) is 9.78 Å². The van der Waals surface area contributed by atoms with Crippen LogP contribution in [0.2, 0.25) is 0 Å². The molecule has 2 aliphatic rings. The summed E-state index contributed by atoms with van der Waals surface area (Å²) in [5, 5.41) is 9.63. The molecule has 0 bridgehead atoms. The molecule has 1 aromatic carbocycles. The normalized spacial score (nSPS) is 23.6. The van der Waals surface area contributed by atoms with Crippen molar-refractivity contribution in [2.24, 2.45) is 11.8 Å². The van der Waals surface area contributed by atoms with Gasteiger partial charge in [0, 0.05) is 19.6 Å². The van der Waals surface area contributed by atoms with Crippen LogP contribution >= 0.6 is 10.8 Å². The van der Waals surface area contributed by atoms with Crippen LogP contribution in [0.4, 0.5) is 11.6 Å². The summed E-state index contributed by atoms with van der Waals surface area (Å²) in [5.74, 6) is 1.33. The van der Waals surface area contributed by atoms with Gasteiger partial charge in [0.2, 0.25) is 0 Å². The number of anilines is 2. The van der Waals surface area contributed by atoms with E-state index in [1.165, 1.54) is 10.4 Å². The number of hydrogen-bond donors (Lipinski definition) is 3.